The Bertz CT molecular complexity index is 1960. The molecule has 2 fully saturated rings. The first kappa shape index (κ1) is 34.8. The fraction of sp³-hybridized carbons (Fsp3) is 0.378. The summed E-state index contributed by atoms with van der Waals surface area (Å²) in [5.41, 5.74) is 5.17. The third-order valence-corrected chi connectivity index (χ3v) is 10.0. The van der Waals surface area contributed by atoms with Gasteiger partial charge in [0, 0.05) is 36.2 Å². The molecule has 0 bridgehead atoms. The fourth-order valence-corrected chi connectivity index (χ4v) is 6.94. The van der Waals surface area contributed by atoms with Gasteiger partial charge in [0.1, 0.15) is 6.04 Å². The third-order valence-electron chi connectivity index (χ3n) is 9.77. The quantitative estimate of drug-likeness (QED) is 0.115. The summed E-state index contributed by atoms with van der Waals surface area (Å²) in [6.07, 6.45) is 4.89. The van der Waals surface area contributed by atoms with Crippen molar-refractivity contribution in [2.24, 2.45) is 11.8 Å². The van der Waals surface area contributed by atoms with Gasteiger partial charge in [0.2, 0.25) is 11.8 Å². The zero-order valence-corrected chi connectivity index (χ0v) is 28.4. The number of fused-ring (bicyclic) bond motifs is 1. The number of halogens is 1. The van der Waals surface area contributed by atoms with Crippen LogP contribution in [-0.2, 0) is 16.0 Å². The largest absolute Gasteiger partial charge is 0.465 e. The Kier molecular flexibility index (Phi) is 10.6. The summed E-state index contributed by atoms with van der Waals surface area (Å²) in [5.74, 6) is -1.59. The van der Waals surface area contributed by atoms with Crippen LogP contribution >= 0.6 is 11.6 Å². The lowest BCUT2D eigenvalue weighted by atomic mass is 9.81. The Labute approximate surface area is 293 Å². The molecule has 50 heavy (non-hydrogen) atoms. The van der Waals surface area contributed by atoms with Crippen LogP contribution in [0.3, 0.4) is 0 Å². The van der Waals surface area contributed by atoms with Crippen molar-refractivity contribution >= 4 is 52.2 Å². The van der Waals surface area contributed by atoms with E-state index in [2.05, 4.69) is 26.3 Å². The number of amides is 4. The summed E-state index contributed by atoms with van der Waals surface area (Å²) in [6, 6.07) is 15.7. The van der Waals surface area contributed by atoms with Crippen LogP contribution in [0, 0.1) is 18.8 Å². The average Bonchev–Trinajstić information content (AvgIpc) is 3.46. The van der Waals surface area contributed by atoms with E-state index in [0.717, 1.165) is 41.5 Å². The molecule has 0 spiro atoms. The Morgan fingerprint density at radius 3 is 2.38 bits per heavy atom. The van der Waals surface area contributed by atoms with E-state index in [9.17, 15) is 24.0 Å². The number of rotatable bonds is 11. The average molecular weight is 702 g/mol. The highest BCUT2D eigenvalue weighted by Crippen LogP contribution is 2.30. The second-order valence-corrected chi connectivity index (χ2v) is 13.7. The van der Waals surface area contributed by atoms with Crippen molar-refractivity contribution in [3.63, 3.8) is 0 Å². The van der Waals surface area contributed by atoms with E-state index in [1.807, 2.05) is 49.4 Å². The molecule has 0 unspecified atom stereocenters. The van der Waals surface area contributed by atoms with Crippen LogP contribution in [0.25, 0.3) is 22.2 Å². The van der Waals surface area contributed by atoms with Crippen LogP contribution in [-0.4, -0.2) is 52.5 Å². The van der Waals surface area contributed by atoms with Gasteiger partial charge in [0.05, 0.1) is 10.5 Å². The van der Waals surface area contributed by atoms with Gasteiger partial charge >= 0.3 is 11.8 Å². The standard InChI is InChI=1S/C37H40ClN5O7/c1-20-15-25(34(45)40-26-3-2-4-26)13-14-28(20)23-9-5-21(6-10-23)16-31(42-33(44)24-11-7-22(8-12-24)19-39-36(47)48)35(46)41-27-17-29(38)32-30(18-27)43-37(49)50-32/h5-6,9-10,13-15,17-18,22,24,26,31,39H,2-4,7-8,11-12,16,19H2,1H3,(H,40,45)(H,41,46)(H,42,44)(H,43,49)(H,47,48)/t22?,24?,31-/m0/s1. The van der Waals surface area contributed by atoms with Gasteiger partial charge in [-0.1, -0.05) is 41.9 Å². The number of H-pyrrole nitrogens is 1. The van der Waals surface area contributed by atoms with E-state index in [1.54, 1.807) is 0 Å². The number of aromatic nitrogens is 1. The van der Waals surface area contributed by atoms with Crippen LogP contribution in [0.4, 0.5) is 10.5 Å². The molecule has 0 aliphatic heterocycles. The second-order valence-electron chi connectivity index (χ2n) is 13.3. The molecule has 3 aromatic carbocycles. The molecule has 1 aromatic heterocycles. The molecule has 2 saturated carbocycles. The minimum absolute atomic E-state index is 0.0606. The number of carbonyl (C=O) groups excluding carboxylic acids is 3. The molecular weight excluding hydrogens is 662 g/mol. The highest BCUT2D eigenvalue weighted by molar-refractivity contribution is 6.35. The number of carbonyl (C=O) groups is 4. The van der Waals surface area contributed by atoms with Crippen LogP contribution in [0.1, 0.15) is 66.4 Å². The van der Waals surface area contributed by atoms with Crippen molar-refractivity contribution in [2.45, 2.75) is 70.4 Å². The summed E-state index contributed by atoms with van der Waals surface area (Å²) in [7, 11) is 0. The number of hydrogen-bond donors (Lipinski definition) is 6. The van der Waals surface area contributed by atoms with Gasteiger partial charge in [-0.3, -0.25) is 19.4 Å². The van der Waals surface area contributed by atoms with Gasteiger partial charge in [-0.25, -0.2) is 9.59 Å². The van der Waals surface area contributed by atoms with E-state index in [-0.39, 0.29) is 46.7 Å². The lowest BCUT2D eigenvalue weighted by molar-refractivity contribution is -0.130. The smallest absolute Gasteiger partial charge is 0.417 e. The molecular formula is C37H40ClN5O7. The third kappa shape index (κ3) is 8.36. The van der Waals surface area contributed by atoms with Crippen molar-refractivity contribution < 1.29 is 28.7 Å². The van der Waals surface area contributed by atoms with Gasteiger partial charge in [-0.2, -0.15) is 0 Å². The van der Waals surface area contributed by atoms with Crippen LogP contribution in [0.15, 0.2) is 63.8 Å². The first-order valence-electron chi connectivity index (χ1n) is 16.9. The molecule has 2 aliphatic carbocycles. The second kappa shape index (κ2) is 15.2. The number of nitrogens with one attached hydrogen (secondary N) is 5. The number of carboxylic acid groups (broad SMARTS) is 1. The van der Waals surface area contributed by atoms with E-state index in [0.29, 0.717) is 49.0 Å². The van der Waals surface area contributed by atoms with Gasteiger partial charge < -0.3 is 30.8 Å². The summed E-state index contributed by atoms with van der Waals surface area (Å²) in [6.45, 7) is 2.32. The van der Waals surface area contributed by atoms with Crippen LogP contribution in [0.5, 0.6) is 0 Å². The monoisotopic (exact) mass is 701 g/mol. The number of aromatic amines is 1. The van der Waals surface area contributed by atoms with Crippen molar-refractivity contribution in [3.8, 4) is 11.1 Å². The normalized spacial score (nSPS) is 18.1. The molecule has 4 aromatic rings. The summed E-state index contributed by atoms with van der Waals surface area (Å²) in [5, 5.41) is 20.4. The lowest BCUT2D eigenvalue weighted by Crippen LogP contribution is -2.48. The van der Waals surface area contributed by atoms with E-state index in [1.165, 1.54) is 12.1 Å². The number of hydrogen-bond acceptors (Lipinski definition) is 6. The Balaban J connectivity index is 1.16. The minimum atomic E-state index is -1.07. The molecule has 13 heteroatoms. The van der Waals surface area contributed by atoms with Crippen molar-refractivity contribution in [2.75, 3.05) is 11.9 Å². The van der Waals surface area contributed by atoms with E-state index in [4.69, 9.17) is 21.1 Å². The SMILES string of the molecule is Cc1cc(C(=O)NC2CCC2)ccc1-c1ccc(C[C@H](NC(=O)C2CCC(CNC(=O)O)CC2)C(=O)Nc2cc(Cl)c3oc(=O)[nH]c3c2)cc1. The molecule has 12 nitrogen and oxygen atoms in total. The highest BCUT2D eigenvalue weighted by Gasteiger charge is 2.30. The Morgan fingerprint density at radius 2 is 1.72 bits per heavy atom. The molecule has 262 valence electrons. The predicted octanol–water partition coefficient (Wildman–Crippen LogP) is 5.77. The molecule has 1 heterocycles. The van der Waals surface area contributed by atoms with Crippen molar-refractivity contribution in [3.05, 3.63) is 86.9 Å². The zero-order chi connectivity index (χ0) is 35.4. The van der Waals surface area contributed by atoms with Crippen molar-refractivity contribution in [1.82, 2.24) is 20.9 Å². The number of anilines is 1. The maximum Gasteiger partial charge on any atom is 0.417 e. The zero-order valence-electron chi connectivity index (χ0n) is 27.6. The predicted molar refractivity (Wildman–Crippen MR) is 189 cm³/mol. The molecule has 0 saturated heterocycles. The van der Waals surface area contributed by atoms with Gasteiger partial charge in [-0.05, 0) is 104 Å². The molecule has 0 radical (unpaired) electrons. The highest BCUT2D eigenvalue weighted by atomic mass is 35.5. The van der Waals surface area contributed by atoms with Crippen LogP contribution in [0.2, 0.25) is 5.02 Å². The first-order chi connectivity index (χ1) is 24.0. The topological polar surface area (TPSA) is 183 Å². The Hall–Kier alpha value is -5.10. The fourth-order valence-electron chi connectivity index (χ4n) is 6.69. The summed E-state index contributed by atoms with van der Waals surface area (Å²) < 4.78 is 5.06. The summed E-state index contributed by atoms with van der Waals surface area (Å²) in [4.78, 5) is 65.0. The van der Waals surface area contributed by atoms with E-state index < -0.39 is 23.8 Å². The van der Waals surface area contributed by atoms with Crippen molar-refractivity contribution in [1.29, 1.82) is 0 Å². The molecule has 6 rings (SSSR count). The number of oxazole rings is 1. The molecule has 2 aliphatic rings. The number of aryl methyl sites for hydroxylation is 1. The Morgan fingerprint density at radius 1 is 0.980 bits per heavy atom. The number of benzene rings is 3. The van der Waals surface area contributed by atoms with Crippen LogP contribution < -0.4 is 27.0 Å². The maximum atomic E-state index is 13.7. The first-order valence-corrected chi connectivity index (χ1v) is 17.3. The lowest BCUT2D eigenvalue weighted by Gasteiger charge is -2.29. The van der Waals surface area contributed by atoms with Gasteiger partial charge in [0.15, 0.2) is 5.58 Å². The van der Waals surface area contributed by atoms with Gasteiger partial charge in [-0.15, -0.1) is 0 Å². The minimum Gasteiger partial charge on any atom is -0.465 e. The molecule has 4 amide bonds. The van der Waals surface area contributed by atoms with Gasteiger partial charge in [0.25, 0.3) is 5.91 Å². The molecule has 1 atom stereocenters. The summed E-state index contributed by atoms with van der Waals surface area (Å²) >= 11 is 6.30. The molecule has 6 N–H and O–H groups in total. The van der Waals surface area contributed by atoms with E-state index >= 15 is 0 Å². The maximum absolute atomic E-state index is 13.7.